The summed E-state index contributed by atoms with van der Waals surface area (Å²) < 4.78 is 23.3. The van der Waals surface area contributed by atoms with Gasteiger partial charge in [-0.1, -0.05) is 69.9 Å². The highest BCUT2D eigenvalue weighted by Gasteiger charge is 2.32. The van der Waals surface area contributed by atoms with Crippen molar-refractivity contribution in [2.24, 2.45) is 5.92 Å². The number of carboxylic acids is 1. The monoisotopic (exact) mass is 600 g/mol. The standard InChI is InChI=1S/C33H48N2O5S.CH4/c1-23(2)35(33(4,5)21-25-13-8-7-9-14-25)22-26-16-17-28(29(20-26)27-15-11-10-12-24(27)3)31(36)34-30(32(37)38)18-19-41(6,39)40;/h10-12,15-17,20,23,25,30H,7-9,13-14,18-19,21-22H2,1-6H3,(H,34,36)(H,37,38);1H4/t30-;/m0./s1. The van der Waals surface area contributed by atoms with E-state index >= 15 is 0 Å². The third-order valence-electron chi connectivity index (χ3n) is 8.41. The van der Waals surface area contributed by atoms with Crippen LogP contribution < -0.4 is 5.32 Å². The quantitative estimate of drug-likeness (QED) is 0.260. The third-order valence-corrected chi connectivity index (χ3v) is 9.39. The molecule has 0 bridgehead atoms. The molecule has 1 aliphatic rings. The highest BCUT2D eigenvalue weighted by Crippen LogP contribution is 2.36. The topological polar surface area (TPSA) is 104 Å². The minimum Gasteiger partial charge on any atom is -0.480 e. The molecule has 0 saturated heterocycles. The largest absolute Gasteiger partial charge is 0.480 e. The number of carboxylic acid groups (broad SMARTS) is 1. The molecular formula is C34H52N2O5S. The normalized spacial score (nSPS) is 15.3. The molecule has 0 spiro atoms. The lowest BCUT2D eigenvalue weighted by Crippen LogP contribution is -2.48. The SMILES string of the molecule is C.Cc1ccccc1-c1cc(CN(C(C)C)C(C)(C)CC2CCCCC2)ccc1C(=O)N[C@@H](CCS(C)(=O)=O)C(=O)O. The Bertz CT molecular complexity index is 1310. The van der Waals surface area contributed by atoms with E-state index in [1.165, 1.54) is 32.1 Å². The fraction of sp³-hybridized carbons (Fsp3) is 0.588. The van der Waals surface area contributed by atoms with Crippen molar-refractivity contribution < 1.29 is 23.1 Å². The van der Waals surface area contributed by atoms with Crippen LogP contribution in [0.5, 0.6) is 0 Å². The molecule has 0 aromatic heterocycles. The van der Waals surface area contributed by atoms with Crippen LogP contribution in [0.15, 0.2) is 42.5 Å². The number of sulfone groups is 1. The zero-order valence-electron chi connectivity index (χ0n) is 25.6. The van der Waals surface area contributed by atoms with E-state index in [4.69, 9.17) is 0 Å². The van der Waals surface area contributed by atoms with E-state index in [0.29, 0.717) is 11.6 Å². The summed E-state index contributed by atoms with van der Waals surface area (Å²) in [6.07, 6.45) is 8.61. The van der Waals surface area contributed by atoms with E-state index in [0.717, 1.165) is 47.4 Å². The lowest BCUT2D eigenvalue weighted by molar-refractivity contribution is -0.139. The molecule has 1 saturated carbocycles. The van der Waals surface area contributed by atoms with Gasteiger partial charge in [0.2, 0.25) is 0 Å². The molecule has 2 N–H and O–H groups in total. The number of nitrogens with one attached hydrogen (secondary N) is 1. The van der Waals surface area contributed by atoms with Crippen LogP contribution in [0.25, 0.3) is 11.1 Å². The molecule has 1 aliphatic carbocycles. The maximum Gasteiger partial charge on any atom is 0.326 e. The van der Waals surface area contributed by atoms with Crippen molar-refractivity contribution in [3.05, 3.63) is 59.2 Å². The molecule has 0 aliphatic heterocycles. The minimum atomic E-state index is -3.38. The van der Waals surface area contributed by atoms with Gasteiger partial charge in [-0.05, 0) is 87.8 Å². The molecule has 1 atom stereocenters. The van der Waals surface area contributed by atoms with Gasteiger partial charge in [-0.15, -0.1) is 0 Å². The second-order valence-electron chi connectivity index (χ2n) is 12.7. The van der Waals surface area contributed by atoms with E-state index in [2.05, 4.69) is 44.0 Å². The first-order chi connectivity index (χ1) is 19.2. The predicted molar refractivity (Wildman–Crippen MR) is 173 cm³/mol. The summed E-state index contributed by atoms with van der Waals surface area (Å²) in [5, 5.41) is 12.2. The third kappa shape index (κ3) is 9.94. The molecule has 1 fully saturated rings. The van der Waals surface area contributed by atoms with Gasteiger partial charge in [-0.3, -0.25) is 9.69 Å². The molecule has 8 heteroatoms. The molecule has 0 heterocycles. The van der Waals surface area contributed by atoms with Gasteiger partial charge < -0.3 is 10.4 Å². The maximum absolute atomic E-state index is 13.5. The van der Waals surface area contributed by atoms with Gasteiger partial charge in [-0.2, -0.15) is 0 Å². The van der Waals surface area contributed by atoms with Gasteiger partial charge in [0.15, 0.2) is 0 Å². The number of hydrogen-bond donors (Lipinski definition) is 2. The Morgan fingerprint density at radius 1 is 1.05 bits per heavy atom. The fourth-order valence-corrected chi connectivity index (χ4v) is 6.98. The van der Waals surface area contributed by atoms with Crippen molar-refractivity contribution >= 4 is 21.7 Å². The van der Waals surface area contributed by atoms with Crippen LogP contribution in [0.3, 0.4) is 0 Å². The Morgan fingerprint density at radius 2 is 1.69 bits per heavy atom. The van der Waals surface area contributed by atoms with Crippen molar-refractivity contribution in [2.45, 2.75) is 111 Å². The minimum absolute atomic E-state index is 0. The molecule has 1 amide bonds. The molecule has 2 aromatic carbocycles. The average molecular weight is 601 g/mol. The molecule has 2 aromatic rings. The van der Waals surface area contributed by atoms with Crippen LogP contribution in [0, 0.1) is 12.8 Å². The second-order valence-corrected chi connectivity index (χ2v) is 15.0. The molecule has 0 radical (unpaired) electrons. The summed E-state index contributed by atoms with van der Waals surface area (Å²) in [5.74, 6) is -1.37. The number of amides is 1. The summed E-state index contributed by atoms with van der Waals surface area (Å²) >= 11 is 0. The van der Waals surface area contributed by atoms with Gasteiger partial charge in [0.05, 0.1) is 5.75 Å². The summed E-state index contributed by atoms with van der Waals surface area (Å²) in [6, 6.07) is 12.6. The lowest BCUT2D eigenvalue weighted by Gasteiger charge is -2.44. The van der Waals surface area contributed by atoms with Crippen LogP contribution in [0.4, 0.5) is 0 Å². The predicted octanol–water partition coefficient (Wildman–Crippen LogP) is 6.88. The molecular weight excluding hydrogens is 548 g/mol. The number of nitrogens with zero attached hydrogens (tertiary/aromatic N) is 1. The highest BCUT2D eigenvalue weighted by atomic mass is 32.2. The van der Waals surface area contributed by atoms with Gasteiger partial charge in [-0.25, -0.2) is 13.2 Å². The first-order valence-electron chi connectivity index (χ1n) is 14.8. The van der Waals surface area contributed by atoms with Crippen molar-refractivity contribution in [2.75, 3.05) is 12.0 Å². The fourth-order valence-electron chi connectivity index (χ4n) is 6.32. The van der Waals surface area contributed by atoms with Crippen molar-refractivity contribution in [1.82, 2.24) is 10.2 Å². The summed E-state index contributed by atoms with van der Waals surface area (Å²) in [6.45, 7) is 11.9. The number of hydrogen-bond acceptors (Lipinski definition) is 5. The molecule has 7 nitrogen and oxygen atoms in total. The van der Waals surface area contributed by atoms with Gasteiger partial charge in [0, 0.05) is 29.9 Å². The van der Waals surface area contributed by atoms with Crippen LogP contribution in [0.1, 0.15) is 102 Å². The average Bonchev–Trinajstić information content (AvgIpc) is 2.89. The Hall–Kier alpha value is -2.71. The van der Waals surface area contributed by atoms with E-state index in [1.807, 2.05) is 37.3 Å². The van der Waals surface area contributed by atoms with Crippen molar-refractivity contribution in [1.29, 1.82) is 0 Å². The first kappa shape index (κ1) is 35.5. The number of aryl methyl sites for hydroxylation is 1. The molecule has 3 rings (SSSR count). The van der Waals surface area contributed by atoms with Crippen LogP contribution in [-0.4, -0.2) is 59.9 Å². The number of benzene rings is 2. The highest BCUT2D eigenvalue weighted by molar-refractivity contribution is 7.90. The Balaban J connectivity index is 0.00000616. The molecule has 0 unspecified atom stereocenters. The first-order valence-corrected chi connectivity index (χ1v) is 16.9. The second kappa shape index (κ2) is 15.1. The molecule has 234 valence electrons. The summed E-state index contributed by atoms with van der Waals surface area (Å²) in [4.78, 5) is 27.9. The van der Waals surface area contributed by atoms with E-state index in [9.17, 15) is 23.1 Å². The molecule has 42 heavy (non-hydrogen) atoms. The summed E-state index contributed by atoms with van der Waals surface area (Å²) in [5.41, 5.74) is 4.09. The lowest BCUT2D eigenvalue weighted by atomic mass is 9.79. The number of carbonyl (C=O) groups is 2. The van der Waals surface area contributed by atoms with Crippen molar-refractivity contribution in [3.8, 4) is 11.1 Å². The Labute approximate surface area is 254 Å². The van der Waals surface area contributed by atoms with Gasteiger partial charge in [0.1, 0.15) is 15.9 Å². The summed E-state index contributed by atoms with van der Waals surface area (Å²) in [7, 11) is -3.38. The number of rotatable bonds is 13. The number of carbonyl (C=O) groups excluding carboxylic acids is 1. The maximum atomic E-state index is 13.5. The smallest absolute Gasteiger partial charge is 0.326 e. The number of aliphatic carboxylic acids is 1. The van der Waals surface area contributed by atoms with E-state index in [1.54, 1.807) is 6.07 Å². The zero-order chi connectivity index (χ0) is 30.4. The van der Waals surface area contributed by atoms with Crippen LogP contribution in [0.2, 0.25) is 0 Å². The van der Waals surface area contributed by atoms with E-state index in [-0.39, 0.29) is 25.1 Å². The zero-order valence-corrected chi connectivity index (χ0v) is 26.4. The van der Waals surface area contributed by atoms with Gasteiger partial charge in [0.25, 0.3) is 5.91 Å². The Morgan fingerprint density at radius 3 is 2.26 bits per heavy atom. The van der Waals surface area contributed by atoms with Crippen LogP contribution in [-0.2, 0) is 21.2 Å². The van der Waals surface area contributed by atoms with E-state index < -0.39 is 27.8 Å². The van der Waals surface area contributed by atoms with Crippen LogP contribution >= 0.6 is 0 Å². The van der Waals surface area contributed by atoms with Crippen molar-refractivity contribution in [3.63, 3.8) is 0 Å². The Kier molecular flexibility index (Phi) is 12.8. The van der Waals surface area contributed by atoms with Gasteiger partial charge >= 0.3 is 5.97 Å².